The molecule has 0 saturated carbocycles. The van der Waals surface area contributed by atoms with Crippen molar-refractivity contribution in [2.24, 2.45) is 0 Å². The Bertz CT molecular complexity index is 546. The highest BCUT2D eigenvalue weighted by Gasteiger charge is 2.26. The second-order valence-corrected chi connectivity index (χ2v) is 4.75. The first-order valence-electron chi connectivity index (χ1n) is 5.19. The summed E-state index contributed by atoms with van der Waals surface area (Å²) in [6.07, 6.45) is 4.37. The Labute approximate surface area is 121 Å². The van der Waals surface area contributed by atoms with Gasteiger partial charge in [-0.15, -0.1) is 0 Å². The molecule has 0 N–H and O–H groups in total. The van der Waals surface area contributed by atoms with E-state index in [4.69, 9.17) is 0 Å². The van der Waals surface area contributed by atoms with Gasteiger partial charge in [0.25, 0.3) is 11.8 Å². The Kier molecular flexibility index (Phi) is 4.14. The molecule has 2 rings (SSSR count). The van der Waals surface area contributed by atoms with Crippen molar-refractivity contribution in [3.05, 3.63) is 46.5 Å². The van der Waals surface area contributed by atoms with Gasteiger partial charge in [-0.05, 0) is 34.3 Å². The molecule has 0 aromatic heterocycles. The van der Waals surface area contributed by atoms with Crippen molar-refractivity contribution in [3.8, 4) is 0 Å². The van der Waals surface area contributed by atoms with Gasteiger partial charge in [0.15, 0.2) is 0 Å². The highest BCUT2D eigenvalue weighted by molar-refractivity contribution is 9.11. The fourth-order valence-electron chi connectivity index (χ4n) is 1.73. The minimum atomic E-state index is -0.309. The third-order valence-electron chi connectivity index (χ3n) is 2.54. The van der Waals surface area contributed by atoms with E-state index in [1.807, 2.05) is 12.1 Å². The Morgan fingerprint density at radius 1 is 1.17 bits per heavy atom. The van der Waals surface area contributed by atoms with Crippen LogP contribution in [0.5, 0.6) is 0 Å². The van der Waals surface area contributed by atoms with Gasteiger partial charge in [-0.2, -0.15) is 0 Å². The standard InChI is InChI=1S/C13H9Br2NO2/c14-6-5-10-7-9(8-15)1-2-11(10)16-12(17)3-4-13(16)18/h1-7H,8H2/b6-5+. The van der Waals surface area contributed by atoms with E-state index >= 15 is 0 Å². The zero-order valence-corrected chi connectivity index (χ0v) is 12.4. The number of amides is 2. The van der Waals surface area contributed by atoms with Gasteiger partial charge in [-0.1, -0.05) is 37.9 Å². The van der Waals surface area contributed by atoms with Crippen molar-refractivity contribution in [2.45, 2.75) is 5.33 Å². The van der Waals surface area contributed by atoms with Crippen molar-refractivity contribution in [2.75, 3.05) is 4.90 Å². The van der Waals surface area contributed by atoms with E-state index in [9.17, 15) is 9.59 Å². The van der Waals surface area contributed by atoms with Crippen LogP contribution in [0.4, 0.5) is 5.69 Å². The second kappa shape index (κ2) is 5.63. The van der Waals surface area contributed by atoms with E-state index in [2.05, 4.69) is 31.9 Å². The summed E-state index contributed by atoms with van der Waals surface area (Å²) in [5, 5.41) is 0.719. The number of hydrogen-bond donors (Lipinski definition) is 0. The molecular weight excluding hydrogens is 362 g/mol. The molecule has 1 aromatic carbocycles. The molecule has 1 aromatic rings. The predicted octanol–water partition coefficient (Wildman–Crippen LogP) is 3.38. The average Bonchev–Trinajstić information content (AvgIpc) is 2.70. The van der Waals surface area contributed by atoms with Crippen LogP contribution in [0.3, 0.4) is 0 Å². The summed E-state index contributed by atoms with van der Waals surface area (Å²) in [5.74, 6) is -0.619. The van der Waals surface area contributed by atoms with E-state index in [-0.39, 0.29) is 11.8 Å². The molecule has 0 spiro atoms. The topological polar surface area (TPSA) is 37.4 Å². The van der Waals surface area contributed by atoms with Crippen LogP contribution in [0.15, 0.2) is 35.3 Å². The molecule has 0 radical (unpaired) electrons. The molecule has 1 heterocycles. The summed E-state index contributed by atoms with van der Waals surface area (Å²) in [6, 6.07) is 5.59. The summed E-state index contributed by atoms with van der Waals surface area (Å²) >= 11 is 6.59. The van der Waals surface area contributed by atoms with Gasteiger partial charge < -0.3 is 0 Å². The van der Waals surface area contributed by atoms with Crippen LogP contribution in [0, 0.1) is 0 Å². The van der Waals surface area contributed by atoms with Crippen LogP contribution in [0.25, 0.3) is 6.08 Å². The van der Waals surface area contributed by atoms with Crippen LogP contribution >= 0.6 is 31.9 Å². The number of carbonyl (C=O) groups is 2. The quantitative estimate of drug-likeness (QED) is 0.604. The zero-order chi connectivity index (χ0) is 13.1. The maximum atomic E-state index is 11.7. The van der Waals surface area contributed by atoms with E-state index < -0.39 is 0 Å². The average molecular weight is 371 g/mol. The molecule has 0 unspecified atom stereocenters. The molecule has 5 heteroatoms. The molecule has 1 aliphatic heterocycles. The first kappa shape index (κ1) is 13.2. The molecule has 92 valence electrons. The number of anilines is 1. The van der Waals surface area contributed by atoms with Crippen LogP contribution in [-0.2, 0) is 14.9 Å². The number of carbonyl (C=O) groups excluding carboxylic acids is 2. The van der Waals surface area contributed by atoms with Crippen molar-refractivity contribution >= 4 is 55.4 Å². The Hall–Kier alpha value is -1.20. The molecule has 2 amide bonds. The number of imide groups is 1. The Morgan fingerprint density at radius 2 is 1.83 bits per heavy atom. The maximum Gasteiger partial charge on any atom is 0.258 e. The number of alkyl halides is 1. The van der Waals surface area contributed by atoms with E-state index in [0.717, 1.165) is 16.5 Å². The first-order chi connectivity index (χ1) is 8.67. The van der Waals surface area contributed by atoms with Gasteiger partial charge in [0, 0.05) is 17.5 Å². The van der Waals surface area contributed by atoms with Crippen LogP contribution in [0.1, 0.15) is 11.1 Å². The van der Waals surface area contributed by atoms with Crippen LogP contribution in [0.2, 0.25) is 0 Å². The Morgan fingerprint density at radius 3 is 2.39 bits per heavy atom. The van der Waals surface area contributed by atoms with Crippen molar-refractivity contribution < 1.29 is 9.59 Å². The third kappa shape index (κ3) is 2.47. The molecule has 18 heavy (non-hydrogen) atoms. The molecule has 3 nitrogen and oxygen atoms in total. The highest BCUT2D eigenvalue weighted by Crippen LogP contribution is 2.27. The summed E-state index contributed by atoms with van der Waals surface area (Å²) in [4.78, 5) is 26.2. The second-order valence-electron chi connectivity index (χ2n) is 3.66. The maximum absolute atomic E-state index is 11.7. The van der Waals surface area contributed by atoms with Gasteiger partial charge >= 0.3 is 0 Å². The lowest BCUT2D eigenvalue weighted by Gasteiger charge is -2.17. The van der Waals surface area contributed by atoms with E-state index in [1.54, 1.807) is 17.1 Å². The lowest BCUT2D eigenvalue weighted by atomic mass is 10.1. The monoisotopic (exact) mass is 369 g/mol. The third-order valence-corrected chi connectivity index (χ3v) is 3.45. The van der Waals surface area contributed by atoms with E-state index in [0.29, 0.717) is 5.69 Å². The predicted molar refractivity (Wildman–Crippen MR) is 78.7 cm³/mol. The summed E-state index contributed by atoms with van der Waals surface area (Å²) in [6.45, 7) is 0. The number of benzene rings is 1. The van der Waals surface area contributed by atoms with Crippen molar-refractivity contribution in [1.29, 1.82) is 0 Å². The largest absolute Gasteiger partial charge is 0.269 e. The summed E-state index contributed by atoms with van der Waals surface area (Å²) < 4.78 is 0. The number of nitrogens with zero attached hydrogens (tertiary/aromatic N) is 1. The molecular formula is C13H9Br2NO2. The molecule has 1 aliphatic rings. The Balaban J connectivity index is 2.50. The minimum absolute atomic E-state index is 0.309. The van der Waals surface area contributed by atoms with Crippen molar-refractivity contribution in [1.82, 2.24) is 0 Å². The van der Waals surface area contributed by atoms with Crippen LogP contribution in [-0.4, -0.2) is 11.8 Å². The number of halogens is 2. The van der Waals surface area contributed by atoms with Gasteiger partial charge in [-0.25, -0.2) is 4.90 Å². The first-order valence-corrected chi connectivity index (χ1v) is 7.23. The fourth-order valence-corrected chi connectivity index (χ4v) is 2.36. The van der Waals surface area contributed by atoms with Gasteiger partial charge in [0.1, 0.15) is 0 Å². The van der Waals surface area contributed by atoms with Gasteiger partial charge in [0.05, 0.1) is 5.69 Å². The van der Waals surface area contributed by atoms with E-state index in [1.165, 1.54) is 17.1 Å². The number of rotatable bonds is 3. The van der Waals surface area contributed by atoms with Gasteiger partial charge in [0.2, 0.25) is 0 Å². The molecule has 0 atom stereocenters. The molecule has 0 saturated heterocycles. The summed E-state index contributed by atoms with van der Waals surface area (Å²) in [7, 11) is 0. The number of hydrogen-bond acceptors (Lipinski definition) is 2. The zero-order valence-electron chi connectivity index (χ0n) is 9.27. The lowest BCUT2D eigenvalue weighted by Crippen LogP contribution is -2.30. The fraction of sp³-hybridized carbons (Fsp3) is 0.0769. The SMILES string of the molecule is O=C1C=CC(=O)N1c1ccc(CBr)cc1/C=C/Br. The lowest BCUT2D eigenvalue weighted by molar-refractivity contribution is -0.119. The smallest absolute Gasteiger partial charge is 0.258 e. The van der Waals surface area contributed by atoms with Crippen molar-refractivity contribution in [3.63, 3.8) is 0 Å². The van der Waals surface area contributed by atoms with Crippen LogP contribution < -0.4 is 4.90 Å². The van der Waals surface area contributed by atoms with Gasteiger partial charge in [-0.3, -0.25) is 9.59 Å². The minimum Gasteiger partial charge on any atom is -0.269 e. The molecule has 0 bridgehead atoms. The summed E-state index contributed by atoms with van der Waals surface area (Å²) in [5.41, 5.74) is 2.48. The highest BCUT2D eigenvalue weighted by atomic mass is 79.9. The molecule has 0 fully saturated rings. The molecule has 0 aliphatic carbocycles. The normalized spacial score (nSPS) is 15.1.